The van der Waals surface area contributed by atoms with Gasteiger partial charge in [-0.25, -0.2) is 4.98 Å². The summed E-state index contributed by atoms with van der Waals surface area (Å²) in [5.74, 6) is 1.06. The number of nitrogens with zero attached hydrogens (tertiary/aromatic N) is 3. The topological polar surface area (TPSA) is 70.4 Å². The normalized spacial score (nSPS) is 25.6. The highest BCUT2D eigenvalue weighted by Gasteiger charge is 2.33. The van der Waals surface area contributed by atoms with Gasteiger partial charge in [0.05, 0.1) is 33.2 Å². The van der Waals surface area contributed by atoms with Crippen LogP contribution in [0.1, 0.15) is 57.4 Å². The number of carbonyl (C=O) groups excluding carboxylic acids is 1. The van der Waals surface area contributed by atoms with Gasteiger partial charge >= 0.3 is 0 Å². The fraction of sp³-hybridized carbons (Fsp3) is 0.636. The molecule has 2 saturated carbocycles. The average molecular weight is 451 g/mol. The molecular formula is C22H28Cl2N4O2. The maximum absolute atomic E-state index is 12.7. The summed E-state index contributed by atoms with van der Waals surface area (Å²) in [6.45, 7) is 1.59. The molecule has 0 unspecified atom stereocenters. The van der Waals surface area contributed by atoms with Gasteiger partial charge in [0.1, 0.15) is 0 Å². The molecule has 5 rings (SSSR count). The van der Waals surface area contributed by atoms with Crippen molar-refractivity contribution in [3.8, 4) is 0 Å². The summed E-state index contributed by atoms with van der Waals surface area (Å²) in [7, 11) is 0. The second-order valence-corrected chi connectivity index (χ2v) is 9.81. The third-order valence-electron chi connectivity index (χ3n) is 7.11. The van der Waals surface area contributed by atoms with Crippen LogP contribution in [-0.2, 0) is 4.79 Å². The van der Waals surface area contributed by atoms with Crippen LogP contribution in [0.3, 0.4) is 0 Å². The van der Waals surface area contributed by atoms with E-state index >= 15 is 0 Å². The van der Waals surface area contributed by atoms with Gasteiger partial charge in [0.15, 0.2) is 0 Å². The van der Waals surface area contributed by atoms with Gasteiger partial charge in [0.25, 0.3) is 0 Å². The van der Waals surface area contributed by atoms with Crippen molar-refractivity contribution >= 4 is 46.1 Å². The molecule has 3 fully saturated rings. The number of piperidine rings is 1. The fourth-order valence-corrected chi connectivity index (χ4v) is 5.37. The monoisotopic (exact) mass is 450 g/mol. The molecule has 2 aliphatic carbocycles. The van der Waals surface area contributed by atoms with Crippen LogP contribution in [0.4, 0.5) is 5.95 Å². The highest BCUT2D eigenvalue weighted by molar-refractivity contribution is 6.42. The number of carbonyl (C=O) groups is 1. The highest BCUT2D eigenvalue weighted by atomic mass is 35.5. The number of halogens is 2. The standard InChI is InChI=1S/C22H28Cl2N4O2/c23-15-11-18-19(12-16(15)24)28(14-3-1-4-14)22(26-18)27-9-7-13(8-10-27)21(30)25-17-5-2-6-20(17)29/h11-14,17,20,29H,1-10H2,(H,25,30)/t17-,20-/m0/s1. The van der Waals surface area contributed by atoms with E-state index in [1.54, 1.807) is 0 Å². The number of nitrogens with one attached hydrogen (secondary N) is 1. The number of benzene rings is 1. The zero-order valence-electron chi connectivity index (χ0n) is 17.0. The molecule has 0 radical (unpaired) electrons. The summed E-state index contributed by atoms with van der Waals surface area (Å²) < 4.78 is 2.33. The molecule has 6 nitrogen and oxygen atoms in total. The Morgan fingerprint density at radius 2 is 1.73 bits per heavy atom. The third kappa shape index (κ3) is 3.67. The van der Waals surface area contributed by atoms with Gasteiger partial charge in [-0.15, -0.1) is 0 Å². The van der Waals surface area contributed by atoms with Crippen molar-refractivity contribution in [1.82, 2.24) is 14.9 Å². The Hall–Kier alpha value is -1.50. The molecule has 8 heteroatoms. The number of anilines is 1. The molecular weight excluding hydrogens is 423 g/mol. The molecule has 1 amide bonds. The lowest BCUT2D eigenvalue weighted by atomic mass is 9.92. The van der Waals surface area contributed by atoms with Gasteiger partial charge in [-0.3, -0.25) is 4.79 Å². The van der Waals surface area contributed by atoms with Crippen LogP contribution in [0.15, 0.2) is 12.1 Å². The largest absolute Gasteiger partial charge is 0.391 e. The van der Waals surface area contributed by atoms with Gasteiger partial charge in [-0.05, 0) is 63.5 Å². The summed E-state index contributed by atoms with van der Waals surface area (Å²) in [6, 6.07) is 4.16. The van der Waals surface area contributed by atoms with Crippen LogP contribution in [0.2, 0.25) is 10.0 Å². The van der Waals surface area contributed by atoms with Gasteiger partial charge in [0, 0.05) is 25.0 Å². The van der Waals surface area contributed by atoms with E-state index in [2.05, 4.69) is 14.8 Å². The van der Waals surface area contributed by atoms with Gasteiger partial charge < -0.3 is 19.9 Å². The summed E-state index contributed by atoms with van der Waals surface area (Å²) in [6.07, 6.45) is 7.39. The molecule has 0 spiro atoms. The maximum atomic E-state index is 12.7. The lowest BCUT2D eigenvalue weighted by Gasteiger charge is -2.36. The Morgan fingerprint density at radius 3 is 2.37 bits per heavy atom. The Morgan fingerprint density at radius 1 is 1.03 bits per heavy atom. The lowest BCUT2D eigenvalue weighted by molar-refractivity contribution is -0.127. The summed E-state index contributed by atoms with van der Waals surface area (Å²) in [4.78, 5) is 19.9. The van der Waals surface area contributed by atoms with E-state index in [4.69, 9.17) is 28.2 Å². The third-order valence-corrected chi connectivity index (χ3v) is 7.83. The van der Waals surface area contributed by atoms with Crippen LogP contribution in [-0.4, -0.2) is 45.8 Å². The number of hydrogen-bond donors (Lipinski definition) is 2. The Labute approximate surface area is 186 Å². The summed E-state index contributed by atoms with van der Waals surface area (Å²) >= 11 is 12.5. The van der Waals surface area contributed by atoms with E-state index in [1.807, 2.05) is 12.1 Å². The number of aliphatic hydroxyl groups is 1. The second kappa shape index (κ2) is 8.21. The van der Waals surface area contributed by atoms with E-state index < -0.39 is 6.10 Å². The number of aliphatic hydroxyl groups excluding tert-OH is 1. The first-order valence-electron chi connectivity index (χ1n) is 11.1. The molecule has 162 valence electrons. The zero-order chi connectivity index (χ0) is 20.8. The first-order valence-corrected chi connectivity index (χ1v) is 11.9. The SMILES string of the molecule is O=C(N[C@H]1CCC[C@@H]1O)C1CCN(c2nc3cc(Cl)c(Cl)cc3n2C2CCC2)CC1. The van der Waals surface area contributed by atoms with Crippen molar-refractivity contribution in [1.29, 1.82) is 0 Å². The van der Waals surface area contributed by atoms with Crippen molar-refractivity contribution in [3.05, 3.63) is 22.2 Å². The molecule has 1 aromatic carbocycles. The van der Waals surface area contributed by atoms with Crippen molar-refractivity contribution < 1.29 is 9.90 Å². The number of hydrogen-bond acceptors (Lipinski definition) is 4. The van der Waals surface area contributed by atoms with Crippen LogP contribution >= 0.6 is 23.2 Å². The number of imidazole rings is 1. The molecule has 1 saturated heterocycles. The number of fused-ring (bicyclic) bond motifs is 1. The first-order chi connectivity index (χ1) is 14.5. The first kappa shape index (κ1) is 20.4. The molecule has 2 atom stereocenters. The molecule has 3 aliphatic rings. The van der Waals surface area contributed by atoms with Crippen LogP contribution in [0, 0.1) is 5.92 Å². The van der Waals surface area contributed by atoms with Crippen LogP contribution < -0.4 is 10.2 Å². The Kier molecular flexibility index (Phi) is 5.58. The average Bonchev–Trinajstić information content (AvgIpc) is 3.25. The molecule has 0 bridgehead atoms. The van der Waals surface area contributed by atoms with Crippen LogP contribution in [0.25, 0.3) is 11.0 Å². The Bertz CT molecular complexity index is 950. The lowest BCUT2D eigenvalue weighted by Crippen LogP contribution is -2.46. The molecule has 2 heterocycles. The van der Waals surface area contributed by atoms with Crippen molar-refractivity contribution in [2.24, 2.45) is 5.92 Å². The van der Waals surface area contributed by atoms with Crippen molar-refractivity contribution in [2.75, 3.05) is 18.0 Å². The number of aromatic nitrogens is 2. The molecule has 1 aromatic heterocycles. The minimum atomic E-state index is -0.393. The fourth-order valence-electron chi connectivity index (χ4n) is 5.06. The van der Waals surface area contributed by atoms with Gasteiger partial charge in [0.2, 0.25) is 11.9 Å². The maximum Gasteiger partial charge on any atom is 0.223 e. The highest BCUT2D eigenvalue weighted by Crippen LogP contribution is 2.40. The molecule has 2 aromatic rings. The number of rotatable bonds is 4. The minimum absolute atomic E-state index is 0.000491. The number of amides is 1. The van der Waals surface area contributed by atoms with E-state index in [0.29, 0.717) is 16.1 Å². The van der Waals surface area contributed by atoms with Crippen LogP contribution in [0.5, 0.6) is 0 Å². The molecule has 30 heavy (non-hydrogen) atoms. The van der Waals surface area contributed by atoms with Crippen molar-refractivity contribution in [2.45, 2.75) is 69.6 Å². The van der Waals surface area contributed by atoms with E-state index in [-0.39, 0.29) is 17.9 Å². The van der Waals surface area contributed by atoms with Gasteiger partial charge in [-0.2, -0.15) is 0 Å². The molecule has 2 N–H and O–H groups in total. The van der Waals surface area contributed by atoms with E-state index in [0.717, 1.165) is 75.0 Å². The molecule has 1 aliphatic heterocycles. The zero-order valence-corrected chi connectivity index (χ0v) is 18.5. The summed E-state index contributed by atoms with van der Waals surface area (Å²) in [5, 5.41) is 14.2. The van der Waals surface area contributed by atoms with Gasteiger partial charge in [-0.1, -0.05) is 23.2 Å². The second-order valence-electron chi connectivity index (χ2n) is 9.00. The van der Waals surface area contributed by atoms with E-state index in [9.17, 15) is 9.90 Å². The Balaban J connectivity index is 1.32. The quantitative estimate of drug-likeness (QED) is 0.727. The minimum Gasteiger partial charge on any atom is -0.391 e. The van der Waals surface area contributed by atoms with Crippen molar-refractivity contribution in [3.63, 3.8) is 0 Å². The smallest absolute Gasteiger partial charge is 0.223 e. The van der Waals surface area contributed by atoms with E-state index in [1.165, 1.54) is 6.42 Å². The summed E-state index contributed by atoms with van der Waals surface area (Å²) in [5.41, 5.74) is 1.92. The predicted molar refractivity (Wildman–Crippen MR) is 119 cm³/mol. The predicted octanol–water partition coefficient (Wildman–Crippen LogP) is 4.31.